The lowest BCUT2D eigenvalue weighted by molar-refractivity contribution is -0.140. The molecule has 1 aromatic carbocycles. The number of benzene rings is 1. The number of hydrogen-bond donors (Lipinski definition) is 1. The zero-order valence-corrected chi connectivity index (χ0v) is 9.24. The van der Waals surface area contributed by atoms with Gasteiger partial charge in [0.2, 0.25) is 0 Å². The van der Waals surface area contributed by atoms with Crippen LogP contribution >= 0.6 is 0 Å². The number of aliphatic carboxylic acids is 1. The fraction of sp³-hybridized carbons (Fsp3) is 0.417. The van der Waals surface area contributed by atoms with Crippen LogP contribution in [0.5, 0.6) is 5.75 Å². The second kappa shape index (κ2) is 3.98. The summed E-state index contributed by atoms with van der Waals surface area (Å²) in [5, 5.41) is 9.18. The number of ether oxygens (including phenoxy) is 1. The van der Waals surface area contributed by atoms with Gasteiger partial charge in [-0.1, -0.05) is 12.1 Å². The fourth-order valence-electron chi connectivity index (χ4n) is 2.11. The first kappa shape index (κ1) is 11.8. The molecule has 0 bridgehead atoms. The minimum Gasteiger partial charge on any atom is -0.496 e. The van der Waals surface area contributed by atoms with Crippen molar-refractivity contribution >= 4 is 5.97 Å². The van der Waals surface area contributed by atoms with Gasteiger partial charge in [-0.3, -0.25) is 4.79 Å². The van der Waals surface area contributed by atoms with Gasteiger partial charge in [0, 0.05) is 11.1 Å². The topological polar surface area (TPSA) is 46.5 Å². The van der Waals surface area contributed by atoms with Crippen molar-refractivity contribution in [2.75, 3.05) is 7.11 Å². The molecule has 0 atom stereocenters. The molecule has 0 heterocycles. The van der Waals surface area contributed by atoms with Gasteiger partial charge in [0.25, 0.3) is 6.43 Å². The number of methoxy groups -OCH3 is 1. The molecule has 92 valence electrons. The van der Waals surface area contributed by atoms with Crippen LogP contribution in [0, 0.1) is 0 Å². The van der Waals surface area contributed by atoms with Crippen LogP contribution in [0.2, 0.25) is 0 Å². The summed E-state index contributed by atoms with van der Waals surface area (Å²) in [6.45, 7) is 0. The molecule has 1 aliphatic rings. The minimum absolute atomic E-state index is 0.130. The summed E-state index contributed by atoms with van der Waals surface area (Å²) in [6, 6.07) is 4.22. The zero-order chi connectivity index (χ0) is 12.6. The third-order valence-corrected chi connectivity index (χ3v) is 3.15. The summed E-state index contributed by atoms with van der Waals surface area (Å²) < 4.78 is 30.8. The fourth-order valence-corrected chi connectivity index (χ4v) is 2.11. The number of rotatable bonds is 4. The summed E-state index contributed by atoms with van der Waals surface area (Å²) in [5.74, 6) is -0.841. The third-order valence-electron chi connectivity index (χ3n) is 3.15. The van der Waals surface area contributed by atoms with E-state index in [1.807, 2.05) is 0 Å². The molecule has 0 unspecified atom stereocenters. The van der Waals surface area contributed by atoms with Crippen molar-refractivity contribution in [1.29, 1.82) is 0 Å². The third kappa shape index (κ3) is 1.75. The number of hydrogen-bond acceptors (Lipinski definition) is 2. The van der Waals surface area contributed by atoms with E-state index in [2.05, 4.69) is 0 Å². The van der Waals surface area contributed by atoms with Gasteiger partial charge in [-0.2, -0.15) is 0 Å². The Morgan fingerprint density at radius 1 is 1.47 bits per heavy atom. The van der Waals surface area contributed by atoms with E-state index in [1.165, 1.54) is 25.3 Å². The number of carboxylic acids is 1. The highest BCUT2D eigenvalue weighted by molar-refractivity contribution is 5.86. The summed E-state index contributed by atoms with van der Waals surface area (Å²) in [6.07, 6.45) is -1.94. The molecular weight excluding hydrogens is 230 g/mol. The molecule has 0 saturated heterocycles. The average molecular weight is 242 g/mol. The molecule has 0 amide bonds. The Morgan fingerprint density at radius 3 is 2.53 bits per heavy atom. The lowest BCUT2D eigenvalue weighted by atomic mass is 9.90. The van der Waals surface area contributed by atoms with E-state index in [0.717, 1.165) is 0 Å². The molecule has 1 saturated carbocycles. The van der Waals surface area contributed by atoms with E-state index in [1.54, 1.807) is 0 Å². The molecule has 1 aliphatic carbocycles. The summed E-state index contributed by atoms with van der Waals surface area (Å²) in [7, 11) is 1.35. The first-order valence-corrected chi connectivity index (χ1v) is 5.22. The van der Waals surface area contributed by atoms with E-state index in [9.17, 15) is 18.7 Å². The van der Waals surface area contributed by atoms with Gasteiger partial charge in [0.15, 0.2) is 0 Å². The standard InChI is InChI=1S/C12H12F2O3/c1-17-8-4-2-3-7(10(13)14)9(8)12(5-6-12)11(15)16/h2-4,10H,5-6H2,1H3,(H,15,16). The maximum atomic E-state index is 12.9. The molecule has 1 N–H and O–H groups in total. The lowest BCUT2D eigenvalue weighted by Crippen LogP contribution is -2.22. The van der Waals surface area contributed by atoms with Crippen LogP contribution in [0.15, 0.2) is 18.2 Å². The number of carbonyl (C=O) groups is 1. The van der Waals surface area contributed by atoms with Crippen molar-refractivity contribution in [3.05, 3.63) is 29.3 Å². The van der Waals surface area contributed by atoms with E-state index in [-0.39, 0.29) is 16.9 Å². The molecule has 0 spiro atoms. The molecule has 0 radical (unpaired) electrons. The van der Waals surface area contributed by atoms with E-state index in [4.69, 9.17) is 4.74 Å². The van der Waals surface area contributed by atoms with Crippen LogP contribution in [0.3, 0.4) is 0 Å². The average Bonchev–Trinajstić information content (AvgIpc) is 3.08. The van der Waals surface area contributed by atoms with Crippen LogP contribution in [0.25, 0.3) is 0 Å². The van der Waals surface area contributed by atoms with Gasteiger partial charge >= 0.3 is 5.97 Å². The van der Waals surface area contributed by atoms with Crippen LogP contribution < -0.4 is 4.74 Å². The Bertz CT molecular complexity index is 453. The Labute approximate surface area is 97.0 Å². The molecule has 0 aliphatic heterocycles. The van der Waals surface area contributed by atoms with E-state index in [0.29, 0.717) is 12.8 Å². The Balaban J connectivity index is 2.61. The van der Waals surface area contributed by atoms with E-state index >= 15 is 0 Å². The number of carboxylic acid groups (broad SMARTS) is 1. The molecule has 5 heteroatoms. The molecule has 1 aromatic rings. The number of alkyl halides is 2. The van der Waals surface area contributed by atoms with Crippen LogP contribution in [-0.4, -0.2) is 18.2 Å². The Hall–Kier alpha value is -1.65. The first-order valence-electron chi connectivity index (χ1n) is 5.22. The quantitative estimate of drug-likeness (QED) is 0.883. The largest absolute Gasteiger partial charge is 0.496 e. The zero-order valence-electron chi connectivity index (χ0n) is 9.24. The van der Waals surface area contributed by atoms with Crippen LogP contribution in [0.1, 0.15) is 30.4 Å². The van der Waals surface area contributed by atoms with Gasteiger partial charge in [-0.05, 0) is 18.9 Å². The Morgan fingerprint density at radius 2 is 2.12 bits per heavy atom. The van der Waals surface area contributed by atoms with Crippen molar-refractivity contribution in [2.24, 2.45) is 0 Å². The summed E-state index contributed by atoms with van der Waals surface area (Å²) >= 11 is 0. The van der Waals surface area contributed by atoms with Gasteiger partial charge in [-0.25, -0.2) is 8.78 Å². The highest BCUT2D eigenvalue weighted by Gasteiger charge is 2.55. The molecule has 17 heavy (non-hydrogen) atoms. The van der Waals surface area contributed by atoms with Crippen molar-refractivity contribution in [1.82, 2.24) is 0 Å². The van der Waals surface area contributed by atoms with Gasteiger partial charge in [0.1, 0.15) is 5.75 Å². The first-order chi connectivity index (χ1) is 8.03. The Kier molecular flexibility index (Phi) is 2.77. The van der Waals surface area contributed by atoms with Gasteiger partial charge in [-0.15, -0.1) is 0 Å². The molecule has 2 rings (SSSR count). The molecule has 3 nitrogen and oxygen atoms in total. The monoisotopic (exact) mass is 242 g/mol. The second-order valence-corrected chi connectivity index (χ2v) is 4.11. The smallest absolute Gasteiger partial charge is 0.314 e. The number of halogens is 2. The second-order valence-electron chi connectivity index (χ2n) is 4.11. The van der Waals surface area contributed by atoms with Gasteiger partial charge in [0.05, 0.1) is 12.5 Å². The maximum Gasteiger partial charge on any atom is 0.314 e. The van der Waals surface area contributed by atoms with Crippen molar-refractivity contribution < 1.29 is 23.4 Å². The van der Waals surface area contributed by atoms with Crippen molar-refractivity contribution in [3.8, 4) is 5.75 Å². The predicted octanol–water partition coefficient (Wildman–Crippen LogP) is 2.75. The highest BCUT2D eigenvalue weighted by atomic mass is 19.3. The van der Waals surface area contributed by atoms with E-state index < -0.39 is 17.8 Å². The maximum absolute atomic E-state index is 12.9. The van der Waals surface area contributed by atoms with Crippen molar-refractivity contribution in [3.63, 3.8) is 0 Å². The minimum atomic E-state index is -2.70. The highest BCUT2D eigenvalue weighted by Crippen LogP contribution is 2.54. The molecular formula is C12H12F2O3. The van der Waals surface area contributed by atoms with Crippen LogP contribution in [-0.2, 0) is 10.2 Å². The summed E-state index contributed by atoms with van der Waals surface area (Å²) in [5.41, 5.74) is -1.30. The molecule has 0 aromatic heterocycles. The SMILES string of the molecule is COc1cccc(C(F)F)c1C1(C(=O)O)CC1. The predicted molar refractivity (Wildman–Crippen MR) is 56.5 cm³/mol. The van der Waals surface area contributed by atoms with Gasteiger partial charge < -0.3 is 9.84 Å². The van der Waals surface area contributed by atoms with Crippen molar-refractivity contribution in [2.45, 2.75) is 24.7 Å². The normalized spacial score (nSPS) is 16.9. The van der Waals surface area contributed by atoms with Crippen LogP contribution in [0.4, 0.5) is 8.78 Å². The summed E-state index contributed by atoms with van der Waals surface area (Å²) in [4.78, 5) is 11.2. The lowest BCUT2D eigenvalue weighted by Gasteiger charge is -2.18. The molecule has 1 fully saturated rings.